The molecular formula is C21H24ClN5. The molecule has 5 nitrogen and oxygen atoms in total. The first-order valence-corrected chi connectivity index (χ1v) is 9.62. The summed E-state index contributed by atoms with van der Waals surface area (Å²) in [7, 11) is 0. The average molecular weight is 382 g/mol. The van der Waals surface area contributed by atoms with Gasteiger partial charge in [-0.2, -0.15) is 5.26 Å². The largest absolute Gasteiger partial charge is 0.399 e. The van der Waals surface area contributed by atoms with Crippen molar-refractivity contribution in [1.82, 2.24) is 4.98 Å². The van der Waals surface area contributed by atoms with Crippen molar-refractivity contribution in [3.8, 4) is 6.07 Å². The van der Waals surface area contributed by atoms with Gasteiger partial charge in [-0.1, -0.05) is 11.6 Å². The minimum Gasteiger partial charge on any atom is -0.399 e. The number of nitrogens with one attached hydrogen (secondary N) is 1. The number of nitriles is 1. The molecule has 1 aromatic heterocycles. The van der Waals surface area contributed by atoms with E-state index in [0.29, 0.717) is 33.7 Å². The van der Waals surface area contributed by atoms with Gasteiger partial charge < -0.3 is 16.9 Å². The van der Waals surface area contributed by atoms with Crippen molar-refractivity contribution < 1.29 is 0 Å². The number of benzene rings is 1. The van der Waals surface area contributed by atoms with Gasteiger partial charge in [0, 0.05) is 34.3 Å². The van der Waals surface area contributed by atoms with Gasteiger partial charge in [0.2, 0.25) is 0 Å². The molecule has 1 aromatic carbocycles. The van der Waals surface area contributed by atoms with E-state index in [1.807, 2.05) is 6.92 Å². The minimum atomic E-state index is 0.366. The molecule has 5 N–H and O–H groups in total. The molecule has 27 heavy (non-hydrogen) atoms. The summed E-state index contributed by atoms with van der Waals surface area (Å²) in [4.78, 5) is 4.29. The third kappa shape index (κ3) is 4.23. The molecule has 140 valence electrons. The Morgan fingerprint density at radius 2 is 1.96 bits per heavy atom. The highest BCUT2D eigenvalue weighted by atomic mass is 35.5. The number of hydrogen-bond donors (Lipinski definition) is 3. The van der Waals surface area contributed by atoms with Crippen LogP contribution < -0.4 is 11.5 Å². The summed E-state index contributed by atoms with van der Waals surface area (Å²) in [5.74, 6) is 0.420. The molecule has 0 saturated heterocycles. The van der Waals surface area contributed by atoms with Crippen LogP contribution >= 0.6 is 11.6 Å². The lowest BCUT2D eigenvalue weighted by molar-refractivity contribution is 0.663. The van der Waals surface area contributed by atoms with E-state index in [1.165, 1.54) is 18.4 Å². The van der Waals surface area contributed by atoms with Gasteiger partial charge in [-0.15, -0.1) is 0 Å². The van der Waals surface area contributed by atoms with Crippen LogP contribution in [0.1, 0.15) is 53.6 Å². The smallest absolute Gasteiger partial charge is 0.147 e. The third-order valence-electron chi connectivity index (χ3n) is 5.17. The fourth-order valence-corrected chi connectivity index (χ4v) is 3.71. The molecule has 1 heterocycles. The molecule has 0 amide bonds. The first-order chi connectivity index (χ1) is 12.9. The molecule has 2 aromatic rings. The Hall–Kier alpha value is -2.58. The van der Waals surface area contributed by atoms with E-state index in [9.17, 15) is 0 Å². The minimum absolute atomic E-state index is 0.366. The lowest BCUT2D eigenvalue weighted by Gasteiger charge is -2.18. The average Bonchev–Trinajstić information content (AvgIpc) is 3.49. The Morgan fingerprint density at radius 1 is 1.26 bits per heavy atom. The fraction of sp³-hybridized carbons (Fsp3) is 0.381. The Labute approximate surface area is 164 Å². The zero-order valence-electron chi connectivity index (χ0n) is 15.5. The molecule has 0 aliphatic heterocycles. The van der Waals surface area contributed by atoms with E-state index in [2.05, 4.69) is 11.1 Å². The van der Waals surface area contributed by atoms with E-state index in [-0.39, 0.29) is 0 Å². The molecule has 0 spiro atoms. The zero-order chi connectivity index (χ0) is 19.6. The molecule has 0 atom stereocenters. The van der Waals surface area contributed by atoms with Gasteiger partial charge in [0.1, 0.15) is 11.2 Å². The van der Waals surface area contributed by atoms with Gasteiger partial charge >= 0.3 is 0 Å². The maximum absolute atomic E-state index is 8.93. The van der Waals surface area contributed by atoms with Crippen LogP contribution in [0.25, 0.3) is 0 Å². The van der Waals surface area contributed by atoms with Gasteiger partial charge in [-0.05, 0) is 74.8 Å². The van der Waals surface area contributed by atoms with Crippen LogP contribution in [-0.4, -0.2) is 10.7 Å². The summed E-state index contributed by atoms with van der Waals surface area (Å²) in [6, 6.07) is 7.44. The van der Waals surface area contributed by atoms with Crippen molar-refractivity contribution in [1.29, 1.82) is 10.7 Å². The Morgan fingerprint density at radius 3 is 2.63 bits per heavy atom. The summed E-state index contributed by atoms with van der Waals surface area (Å²) in [6.07, 6.45) is 6.66. The molecular weight excluding hydrogens is 358 g/mol. The number of rotatable bonds is 2. The molecule has 2 aliphatic carbocycles. The molecule has 0 unspecified atom stereocenters. The van der Waals surface area contributed by atoms with E-state index >= 15 is 0 Å². The standard InChI is InChI=1S/C11H11ClN2.C10H13N3/c1-7-8-4-2-3-5-10(8)14-11(12)9(7)6-13;11-7-3-4-9(12)8(5-7)10(13)6-1-2-6/h2-5H2,1H3;3-6,13H,1-2,11-12H2. The second-order valence-corrected chi connectivity index (χ2v) is 7.54. The van der Waals surface area contributed by atoms with Crippen LogP contribution in [0, 0.1) is 29.6 Å². The molecule has 6 heteroatoms. The number of halogens is 1. The second kappa shape index (κ2) is 7.98. The van der Waals surface area contributed by atoms with Crippen molar-refractivity contribution in [2.75, 3.05) is 11.5 Å². The number of nitrogens with zero attached hydrogens (tertiary/aromatic N) is 2. The van der Waals surface area contributed by atoms with Crippen LogP contribution in [0.15, 0.2) is 18.2 Å². The number of hydrogen-bond acceptors (Lipinski definition) is 5. The third-order valence-corrected chi connectivity index (χ3v) is 5.44. The summed E-state index contributed by atoms with van der Waals surface area (Å²) >= 11 is 5.93. The van der Waals surface area contributed by atoms with Crippen molar-refractivity contribution in [3.63, 3.8) is 0 Å². The van der Waals surface area contributed by atoms with E-state index < -0.39 is 0 Å². The van der Waals surface area contributed by atoms with Crippen LogP contribution in [-0.2, 0) is 12.8 Å². The molecule has 0 radical (unpaired) electrons. The van der Waals surface area contributed by atoms with Crippen molar-refractivity contribution >= 4 is 28.7 Å². The molecule has 4 rings (SSSR count). The lowest BCUT2D eigenvalue weighted by atomic mass is 9.91. The van der Waals surface area contributed by atoms with Gasteiger partial charge in [-0.25, -0.2) is 4.98 Å². The van der Waals surface area contributed by atoms with Gasteiger partial charge in [0.15, 0.2) is 0 Å². The number of fused-ring (bicyclic) bond motifs is 1. The Kier molecular flexibility index (Phi) is 5.67. The monoisotopic (exact) mass is 381 g/mol. The van der Waals surface area contributed by atoms with E-state index in [0.717, 1.165) is 42.5 Å². The first-order valence-electron chi connectivity index (χ1n) is 9.24. The summed E-state index contributed by atoms with van der Waals surface area (Å²) in [5.41, 5.74) is 18.1. The molecule has 2 aliphatic rings. The van der Waals surface area contributed by atoms with Crippen molar-refractivity contribution in [3.05, 3.63) is 51.3 Å². The van der Waals surface area contributed by atoms with E-state index in [1.54, 1.807) is 18.2 Å². The number of pyridine rings is 1. The predicted octanol–water partition coefficient (Wildman–Crippen LogP) is 4.42. The highest BCUT2D eigenvalue weighted by molar-refractivity contribution is 6.30. The summed E-state index contributed by atoms with van der Waals surface area (Å²) < 4.78 is 0. The van der Waals surface area contributed by atoms with Crippen LogP contribution in [0.3, 0.4) is 0 Å². The molecule has 0 bridgehead atoms. The zero-order valence-corrected chi connectivity index (χ0v) is 16.2. The predicted molar refractivity (Wildman–Crippen MR) is 110 cm³/mol. The maximum atomic E-state index is 8.93. The number of aromatic nitrogens is 1. The Bertz CT molecular complexity index is 925. The van der Waals surface area contributed by atoms with Gasteiger partial charge in [0.25, 0.3) is 0 Å². The SMILES string of the molecule is Cc1c(C#N)c(Cl)nc2c1CCCC2.N=C(c1cc(N)ccc1N)C1CC1. The first kappa shape index (κ1) is 19.2. The lowest BCUT2D eigenvalue weighted by Crippen LogP contribution is -2.09. The normalized spacial score (nSPS) is 15.1. The summed E-state index contributed by atoms with van der Waals surface area (Å²) in [5, 5.41) is 17.1. The second-order valence-electron chi connectivity index (χ2n) is 7.18. The Balaban J connectivity index is 0.000000156. The van der Waals surface area contributed by atoms with Crippen LogP contribution in [0.5, 0.6) is 0 Å². The van der Waals surface area contributed by atoms with Crippen LogP contribution in [0.4, 0.5) is 11.4 Å². The number of nitrogen functional groups attached to an aromatic ring is 2. The highest BCUT2D eigenvalue weighted by Crippen LogP contribution is 2.34. The van der Waals surface area contributed by atoms with Crippen LogP contribution in [0.2, 0.25) is 5.15 Å². The highest BCUT2D eigenvalue weighted by Gasteiger charge is 2.28. The maximum Gasteiger partial charge on any atom is 0.147 e. The topological polar surface area (TPSA) is 113 Å². The van der Waals surface area contributed by atoms with E-state index in [4.69, 9.17) is 33.7 Å². The fourth-order valence-electron chi connectivity index (χ4n) is 3.43. The number of nitrogens with two attached hydrogens (primary N) is 2. The van der Waals surface area contributed by atoms with Crippen molar-refractivity contribution in [2.45, 2.75) is 45.4 Å². The molecule has 1 saturated carbocycles. The van der Waals surface area contributed by atoms with Crippen molar-refractivity contribution in [2.24, 2.45) is 5.92 Å². The summed E-state index contributed by atoms with van der Waals surface area (Å²) in [6.45, 7) is 1.97. The number of anilines is 2. The quantitative estimate of drug-likeness (QED) is 0.405. The number of aryl methyl sites for hydroxylation is 1. The van der Waals surface area contributed by atoms with Gasteiger partial charge in [0.05, 0.1) is 5.56 Å². The van der Waals surface area contributed by atoms with Gasteiger partial charge in [-0.3, -0.25) is 0 Å². The molecule has 1 fully saturated rings.